The van der Waals surface area contributed by atoms with Crippen molar-refractivity contribution in [1.82, 2.24) is 10.9 Å². The molecule has 0 amide bonds. The van der Waals surface area contributed by atoms with Crippen molar-refractivity contribution in [3.8, 4) is 0 Å². The van der Waals surface area contributed by atoms with Crippen molar-refractivity contribution in [3.63, 3.8) is 0 Å². The molecule has 0 saturated heterocycles. The van der Waals surface area contributed by atoms with Crippen LogP contribution in [0.1, 0.15) is 13.8 Å². The molecule has 0 unspecified atom stereocenters. The molecule has 0 radical (unpaired) electrons. The SMILES string of the molecule is CCNN[C@@H](C)C(=O)O. The molecule has 54 valence electrons. The monoisotopic (exact) mass is 132 g/mol. The van der Waals surface area contributed by atoms with Crippen molar-refractivity contribution in [3.05, 3.63) is 0 Å². The van der Waals surface area contributed by atoms with Gasteiger partial charge in [0.25, 0.3) is 0 Å². The zero-order valence-electron chi connectivity index (χ0n) is 5.64. The van der Waals surface area contributed by atoms with Crippen molar-refractivity contribution in [2.75, 3.05) is 6.54 Å². The van der Waals surface area contributed by atoms with E-state index in [4.69, 9.17) is 5.11 Å². The Labute approximate surface area is 54.2 Å². The second-order valence-corrected chi connectivity index (χ2v) is 1.73. The smallest absolute Gasteiger partial charge is 0.321 e. The minimum atomic E-state index is -0.851. The van der Waals surface area contributed by atoms with Crippen molar-refractivity contribution >= 4 is 5.97 Å². The van der Waals surface area contributed by atoms with Gasteiger partial charge in [-0.2, -0.15) is 0 Å². The highest BCUT2D eigenvalue weighted by Gasteiger charge is 2.06. The fourth-order valence-corrected chi connectivity index (χ4v) is 0.317. The summed E-state index contributed by atoms with van der Waals surface area (Å²) in [6, 6.07) is -0.523. The molecule has 0 saturated carbocycles. The predicted octanol–water partition coefficient (Wildman–Crippen LogP) is -0.426. The fraction of sp³-hybridized carbons (Fsp3) is 0.800. The number of rotatable bonds is 4. The third kappa shape index (κ3) is 3.93. The van der Waals surface area contributed by atoms with Gasteiger partial charge in [-0.1, -0.05) is 6.92 Å². The molecule has 0 aliphatic carbocycles. The second kappa shape index (κ2) is 4.29. The Bertz CT molecular complexity index is 95.0. The van der Waals surface area contributed by atoms with Crippen LogP contribution in [0.4, 0.5) is 0 Å². The van der Waals surface area contributed by atoms with Crippen LogP contribution in [-0.2, 0) is 4.79 Å². The van der Waals surface area contributed by atoms with Crippen molar-refractivity contribution in [2.24, 2.45) is 0 Å². The Balaban J connectivity index is 3.27. The Kier molecular flexibility index (Phi) is 4.00. The maximum atomic E-state index is 10.1. The van der Waals surface area contributed by atoms with Gasteiger partial charge in [0.1, 0.15) is 6.04 Å². The van der Waals surface area contributed by atoms with Gasteiger partial charge in [0, 0.05) is 6.54 Å². The highest BCUT2D eigenvalue weighted by atomic mass is 16.4. The molecule has 3 N–H and O–H groups in total. The van der Waals surface area contributed by atoms with E-state index in [0.29, 0.717) is 0 Å². The summed E-state index contributed by atoms with van der Waals surface area (Å²) in [6.07, 6.45) is 0. The predicted molar refractivity (Wildman–Crippen MR) is 33.9 cm³/mol. The van der Waals surface area contributed by atoms with E-state index in [2.05, 4.69) is 10.9 Å². The van der Waals surface area contributed by atoms with Crippen molar-refractivity contribution < 1.29 is 9.90 Å². The lowest BCUT2D eigenvalue weighted by atomic mass is 10.4. The van der Waals surface area contributed by atoms with Gasteiger partial charge >= 0.3 is 5.97 Å². The lowest BCUT2D eigenvalue weighted by Crippen LogP contribution is -2.43. The molecule has 4 heteroatoms. The second-order valence-electron chi connectivity index (χ2n) is 1.73. The molecular weight excluding hydrogens is 120 g/mol. The molecule has 0 aromatic carbocycles. The number of hydrogen-bond acceptors (Lipinski definition) is 3. The maximum Gasteiger partial charge on any atom is 0.321 e. The molecule has 9 heavy (non-hydrogen) atoms. The number of carboxylic acid groups (broad SMARTS) is 1. The summed E-state index contributed by atoms with van der Waals surface area (Å²) in [5, 5.41) is 8.31. The molecule has 4 nitrogen and oxygen atoms in total. The molecule has 0 bridgehead atoms. The van der Waals surface area contributed by atoms with Gasteiger partial charge in [-0.25, -0.2) is 5.43 Å². The minimum Gasteiger partial charge on any atom is -0.480 e. The highest BCUT2D eigenvalue weighted by Crippen LogP contribution is 1.75. The Morgan fingerprint density at radius 2 is 2.33 bits per heavy atom. The number of carboxylic acids is 1. The third-order valence-corrected chi connectivity index (χ3v) is 0.866. The van der Waals surface area contributed by atoms with E-state index >= 15 is 0 Å². The summed E-state index contributed by atoms with van der Waals surface area (Å²) >= 11 is 0. The Morgan fingerprint density at radius 3 is 2.67 bits per heavy atom. The van der Waals surface area contributed by atoms with E-state index in [1.165, 1.54) is 0 Å². The standard InChI is InChI=1S/C5H12N2O2/c1-3-6-7-4(2)5(8)9/h4,6-7H,3H2,1-2H3,(H,8,9)/t4-/m0/s1. The molecule has 1 atom stereocenters. The summed E-state index contributed by atoms with van der Waals surface area (Å²) in [6.45, 7) is 4.18. The van der Waals surface area contributed by atoms with E-state index < -0.39 is 12.0 Å². The molecule has 0 fully saturated rings. The van der Waals surface area contributed by atoms with E-state index in [0.717, 1.165) is 6.54 Å². The van der Waals surface area contributed by atoms with Crippen molar-refractivity contribution in [2.45, 2.75) is 19.9 Å². The first-order chi connectivity index (χ1) is 4.18. The first-order valence-electron chi connectivity index (χ1n) is 2.89. The zero-order chi connectivity index (χ0) is 7.28. The largest absolute Gasteiger partial charge is 0.480 e. The molecule has 0 aromatic heterocycles. The first kappa shape index (κ1) is 8.39. The van der Waals surface area contributed by atoms with Crippen LogP contribution >= 0.6 is 0 Å². The average Bonchev–Trinajstić information content (AvgIpc) is 1.82. The van der Waals surface area contributed by atoms with Gasteiger partial charge in [0.2, 0.25) is 0 Å². The number of hydrogen-bond donors (Lipinski definition) is 3. The molecule has 0 aliphatic rings. The van der Waals surface area contributed by atoms with E-state index in [1.54, 1.807) is 6.92 Å². The molecule has 0 heterocycles. The van der Waals surface area contributed by atoms with Gasteiger partial charge < -0.3 is 5.11 Å². The maximum absolute atomic E-state index is 10.1. The number of nitrogens with one attached hydrogen (secondary N) is 2. The van der Waals surface area contributed by atoms with Gasteiger partial charge in [-0.15, -0.1) is 0 Å². The van der Waals surface area contributed by atoms with Gasteiger partial charge in [0.15, 0.2) is 0 Å². The fourth-order valence-electron chi connectivity index (χ4n) is 0.317. The molecular formula is C5H12N2O2. The van der Waals surface area contributed by atoms with Crippen LogP contribution < -0.4 is 10.9 Å². The number of carbonyl (C=O) groups is 1. The van der Waals surface area contributed by atoms with Crippen LogP contribution in [0.25, 0.3) is 0 Å². The van der Waals surface area contributed by atoms with Crippen LogP contribution in [-0.4, -0.2) is 23.7 Å². The third-order valence-electron chi connectivity index (χ3n) is 0.866. The van der Waals surface area contributed by atoms with E-state index in [-0.39, 0.29) is 0 Å². The summed E-state index contributed by atoms with van der Waals surface area (Å²) in [5.74, 6) is -0.851. The van der Waals surface area contributed by atoms with Crippen LogP contribution in [0.3, 0.4) is 0 Å². The zero-order valence-corrected chi connectivity index (χ0v) is 5.64. The van der Waals surface area contributed by atoms with E-state index in [1.807, 2.05) is 6.92 Å². The molecule has 0 spiro atoms. The summed E-state index contributed by atoms with van der Waals surface area (Å²) < 4.78 is 0. The topological polar surface area (TPSA) is 61.4 Å². The van der Waals surface area contributed by atoms with Gasteiger partial charge in [-0.05, 0) is 6.92 Å². The Hall–Kier alpha value is -0.610. The summed E-state index contributed by atoms with van der Waals surface area (Å²) in [4.78, 5) is 10.1. The first-order valence-corrected chi connectivity index (χ1v) is 2.89. The average molecular weight is 132 g/mol. The molecule has 0 aromatic rings. The molecule has 0 rings (SSSR count). The van der Waals surface area contributed by atoms with Crippen LogP contribution in [0.15, 0.2) is 0 Å². The highest BCUT2D eigenvalue weighted by molar-refractivity contribution is 5.72. The van der Waals surface area contributed by atoms with Gasteiger partial charge in [0.05, 0.1) is 0 Å². The Morgan fingerprint density at radius 1 is 1.78 bits per heavy atom. The summed E-state index contributed by atoms with van der Waals surface area (Å²) in [5.41, 5.74) is 5.28. The lowest BCUT2D eigenvalue weighted by Gasteiger charge is -2.07. The van der Waals surface area contributed by atoms with Crippen molar-refractivity contribution in [1.29, 1.82) is 0 Å². The quantitative estimate of drug-likeness (QED) is 0.454. The minimum absolute atomic E-state index is 0.523. The van der Waals surface area contributed by atoms with Crippen LogP contribution in [0.5, 0.6) is 0 Å². The number of aliphatic carboxylic acids is 1. The van der Waals surface area contributed by atoms with Gasteiger partial charge in [-0.3, -0.25) is 10.2 Å². The number of hydrazine groups is 1. The van der Waals surface area contributed by atoms with Crippen LogP contribution in [0.2, 0.25) is 0 Å². The summed E-state index contributed by atoms with van der Waals surface area (Å²) in [7, 11) is 0. The normalized spacial score (nSPS) is 13.1. The van der Waals surface area contributed by atoms with Crippen LogP contribution in [0, 0.1) is 0 Å². The van der Waals surface area contributed by atoms with E-state index in [9.17, 15) is 4.79 Å². The lowest BCUT2D eigenvalue weighted by molar-refractivity contribution is -0.139. The molecule has 0 aliphatic heterocycles.